The van der Waals surface area contributed by atoms with Gasteiger partial charge in [-0.3, -0.25) is 9.78 Å². The fourth-order valence-electron chi connectivity index (χ4n) is 1.49. The average molecular weight is 220 g/mol. The minimum atomic E-state index is 0.115. The van der Waals surface area contributed by atoms with Crippen molar-refractivity contribution in [1.82, 2.24) is 4.98 Å². The molecule has 0 aliphatic heterocycles. The van der Waals surface area contributed by atoms with Gasteiger partial charge >= 0.3 is 0 Å². The van der Waals surface area contributed by atoms with E-state index in [1.54, 1.807) is 13.0 Å². The molecule has 15 heavy (non-hydrogen) atoms. The van der Waals surface area contributed by atoms with Gasteiger partial charge in [0.25, 0.3) is 0 Å². The topological polar surface area (TPSA) is 30.0 Å². The van der Waals surface area contributed by atoms with Crippen LogP contribution in [0.4, 0.5) is 0 Å². The van der Waals surface area contributed by atoms with Crippen LogP contribution < -0.4 is 0 Å². The second-order valence-corrected chi connectivity index (χ2v) is 3.95. The van der Waals surface area contributed by atoms with Crippen molar-refractivity contribution in [1.29, 1.82) is 0 Å². The Morgan fingerprint density at radius 1 is 1.33 bits per heavy atom. The van der Waals surface area contributed by atoms with E-state index < -0.39 is 0 Å². The van der Waals surface area contributed by atoms with Crippen molar-refractivity contribution < 1.29 is 4.79 Å². The maximum Gasteiger partial charge on any atom is 0.135 e. The summed E-state index contributed by atoms with van der Waals surface area (Å²) in [6, 6.07) is 9.38. The van der Waals surface area contributed by atoms with E-state index in [4.69, 9.17) is 11.6 Å². The van der Waals surface area contributed by atoms with Crippen LogP contribution in [0.5, 0.6) is 0 Å². The molecular weight excluding hydrogens is 210 g/mol. The number of ketones is 1. The molecule has 0 spiro atoms. The highest BCUT2D eigenvalue weighted by Crippen LogP contribution is 2.18. The average Bonchev–Trinajstić information content (AvgIpc) is 2.16. The van der Waals surface area contributed by atoms with Gasteiger partial charge in [0, 0.05) is 22.5 Å². The van der Waals surface area contributed by atoms with Crippen LogP contribution in [0.2, 0.25) is 5.02 Å². The Morgan fingerprint density at radius 3 is 2.80 bits per heavy atom. The Bertz CT molecular complexity index is 522. The lowest BCUT2D eigenvalue weighted by Crippen LogP contribution is -1.98. The zero-order valence-corrected chi connectivity index (χ0v) is 9.08. The van der Waals surface area contributed by atoms with Crippen molar-refractivity contribution in [3.63, 3.8) is 0 Å². The van der Waals surface area contributed by atoms with E-state index in [1.807, 2.05) is 24.3 Å². The summed E-state index contributed by atoms with van der Waals surface area (Å²) in [6.07, 6.45) is 0.377. The molecule has 1 aromatic heterocycles. The zero-order valence-electron chi connectivity index (χ0n) is 8.33. The number of pyridine rings is 1. The second-order valence-electron chi connectivity index (χ2n) is 3.52. The van der Waals surface area contributed by atoms with Gasteiger partial charge in [-0.15, -0.1) is 0 Å². The number of Topliss-reactive ketones (excluding diaryl/α,β-unsaturated/α-hetero) is 1. The fourth-order valence-corrected chi connectivity index (χ4v) is 1.65. The van der Waals surface area contributed by atoms with E-state index in [1.165, 1.54) is 0 Å². The van der Waals surface area contributed by atoms with Gasteiger partial charge in [0.2, 0.25) is 0 Å². The molecule has 0 amide bonds. The number of hydrogen-bond donors (Lipinski definition) is 0. The largest absolute Gasteiger partial charge is 0.300 e. The Balaban J connectivity index is 2.49. The van der Waals surface area contributed by atoms with Crippen molar-refractivity contribution in [2.45, 2.75) is 13.3 Å². The van der Waals surface area contributed by atoms with Gasteiger partial charge in [0.15, 0.2) is 0 Å². The molecule has 0 saturated heterocycles. The highest BCUT2D eigenvalue weighted by atomic mass is 35.5. The number of aromatic nitrogens is 1. The van der Waals surface area contributed by atoms with E-state index in [9.17, 15) is 4.79 Å². The van der Waals surface area contributed by atoms with Crippen molar-refractivity contribution in [2.24, 2.45) is 0 Å². The number of halogens is 1. The Labute approximate surface area is 92.9 Å². The maximum atomic E-state index is 11.0. The molecule has 1 heterocycles. The number of fused-ring (bicyclic) bond motifs is 1. The molecule has 0 N–H and O–H groups in total. The summed E-state index contributed by atoms with van der Waals surface area (Å²) in [6.45, 7) is 1.56. The predicted molar refractivity (Wildman–Crippen MR) is 61.1 cm³/mol. The van der Waals surface area contributed by atoms with Crippen molar-refractivity contribution >= 4 is 28.3 Å². The van der Waals surface area contributed by atoms with Crippen molar-refractivity contribution in [2.75, 3.05) is 0 Å². The van der Waals surface area contributed by atoms with Gasteiger partial charge in [-0.1, -0.05) is 23.7 Å². The fraction of sp³-hybridized carbons (Fsp3) is 0.167. The highest BCUT2D eigenvalue weighted by molar-refractivity contribution is 6.31. The molecule has 3 heteroatoms. The molecule has 0 radical (unpaired) electrons. The van der Waals surface area contributed by atoms with E-state index in [2.05, 4.69) is 4.98 Å². The van der Waals surface area contributed by atoms with Crippen LogP contribution >= 0.6 is 11.6 Å². The number of carbonyl (C=O) groups excluding carboxylic acids is 1. The SMILES string of the molecule is CC(=O)Cc1ccc2ccc(Cl)cc2n1. The first-order valence-corrected chi connectivity index (χ1v) is 5.07. The highest BCUT2D eigenvalue weighted by Gasteiger charge is 2.01. The molecule has 0 bridgehead atoms. The number of hydrogen-bond acceptors (Lipinski definition) is 2. The summed E-state index contributed by atoms with van der Waals surface area (Å²) in [5.74, 6) is 0.115. The molecule has 2 nitrogen and oxygen atoms in total. The smallest absolute Gasteiger partial charge is 0.135 e. The Hall–Kier alpha value is -1.41. The number of rotatable bonds is 2. The molecule has 0 aliphatic rings. The summed E-state index contributed by atoms with van der Waals surface area (Å²) in [5.41, 5.74) is 1.62. The zero-order chi connectivity index (χ0) is 10.8. The van der Waals surface area contributed by atoms with Crippen LogP contribution in [0.15, 0.2) is 30.3 Å². The van der Waals surface area contributed by atoms with Crippen molar-refractivity contribution in [3.05, 3.63) is 41.0 Å². The van der Waals surface area contributed by atoms with Crippen LogP contribution in [0, 0.1) is 0 Å². The molecule has 76 valence electrons. The van der Waals surface area contributed by atoms with Crippen molar-refractivity contribution in [3.8, 4) is 0 Å². The first-order chi connectivity index (χ1) is 7.15. The molecule has 0 saturated carbocycles. The predicted octanol–water partition coefficient (Wildman–Crippen LogP) is 3.02. The van der Waals surface area contributed by atoms with Gasteiger partial charge < -0.3 is 0 Å². The monoisotopic (exact) mass is 219 g/mol. The molecule has 0 aliphatic carbocycles. The van der Waals surface area contributed by atoms with Crippen LogP contribution in [-0.4, -0.2) is 10.8 Å². The van der Waals surface area contributed by atoms with E-state index in [0.29, 0.717) is 11.4 Å². The molecule has 2 aromatic rings. The summed E-state index contributed by atoms with van der Waals surface area (Å²) < 4.78 is 0. The number of benzene rings is 1. The van der Waals surface area contributed by atoms with Gasteiger partial charge in [0.05, 0.1) is 5.52 Å². The molecule has 0 fully saturated rings. The third kappa shape index (κ3) is 2.34. The van der Waals surface area contributed by atoms with Gasteiger partial charge in [0.1, 0.15) is 5.78 Å². The molecule has 0 unspecified atom stereocenters. The molecule has 2 rings (SSSR count). The second kappa shape index (κ2) is 3.99. The molecule has 0 atom stereocenters. The van der Waals surface area contributed by atoms with Gasteiger partial charge in [-0.25, -0.2) is 0 Å². The lowest BCUT2D eigenvalue weighted by molar-refractivity contribution is -0.116. The number of carbonyl (C=O) groups is 1. The Morgan fingerprint density at radius 2 is 2.07 bits per heavy atom. The quantitative estimate of drug-likeness (QED) is 0.777. The van der Waals surface area contributed by atoms with Gasteiger partial charge in [-0.2, -0.15) is 0 Å². The van der Waals surface area contributed by atoms with E-state index >= 15 is 0 Å². The summed E-state index contributed by atoms with van der Waals surface area (Å²) in [7, 11) is 0. The lowest BCUT2D eigenvalue weighted by Gasteiger charge is -2.01. The summed E-state index contributed by atoms with van der Waals surface area (Å²) in [4.78, 5) is 15.3. The van der Waals surface area contributed by atoms with Crippen LogP contribution in [0.1, 0.15) is 12.6 Å². The normalized spacial score (nSPS) is 10.5. The minimum Gasteiger partial charge on any atom is -0.300 e. The Kier molecular flexibility index (Phi) is 2.69. The standard InChI is InChI=1S/C12H10ClNO/c1-8(15)6-11-5-3-9-2-4-10(13)7-12(9)14-11/h2-5,7H,6H2,1H3. The maximum absolute atomic E-state index is 11.0. The van der Waals surface area contributed by atoms with E-state index in [-0.39, 0.29) is 5.78 Å². The molecule has 1 aromatic carbocycles. The first kappa shape index (κ1) is 10.1. The summed E-state index contributed by atoms with van der Waals surface area (Å²) >= 11 is 5.87. The summed E-state index contributed by atoms with van der Waals surface area (Å²) in [5, 5.41) is 1.70. The number of nitrogens with zero attached hydrogens (tertiary/aromatic N) is 1. The third-order valence-electron chi connectivity index (χ3n) is 2.14. The van der Waals surface area contributed by atoms with Crippen LogP contribution in [0.3, 0.4) is 0 Å². The molecular formula is C12H10ClNO. The van der Waals surface area contributed by atoms with E-state index in [0.717, 1.165) is 16.6 Å². The first-order valence-electron chi connectivity index (χ1n) is 4.70. The van der Waals surface area contributed by atoms with Gasteiger partial charge in [-0.05, 0) is 25.1 Å². The lowest BCUT2D eigenvalue weighted by atomic mass is 10.1. The minimum absolute atomic E-state index is 0.115. The third-order valence-corrected chi connectivity index (χ3v) is 2.38. The van der Waals surface area contributed by atoms with Crippen LogP contribution in [0.25, 0.3) is 10.9 Å². The van der Waals surface area contributed by atoms with Crippen LogP contribution in [-0.2, 0) is 11.2 Å².